The van der Waals surface area contributed by atoms with Gasteiger partial charge in [-0.05, 0) is 0 Å². The molecule has 2 aliphatic heterocycles. The Labute approximate surface area is 142 Å². The van der Waals surface area contributed by atoms with E-state index in [0.717, 1.165) is 26.6 Å². The summed E-state index contributed by atoms with van der Waals surface area (Å²) in [6.07, 6.45) is -2.80. The molecule has 2 aliphatic rings. The van der Waals surface area contributed by atoms with E-state index in [1.165, 1.54) is 7.11 Å². The van der Waals surface area contributed by atoms with Crippen LogP contribution in [0.4, 0.5) is 0 Å². The monoisotopic (exact) mass is 361 g/mol. The number of nitrogens with zero attached hydrogens (tertiary/aromatic N) is 1. The molecule has 0 bridgehead atoms. The fourth-order valence-electron chi connectivity index (χ4n) is 2.99. The van der Waals surface area contributed by atoms with Gasteiger partial charge in [0.05, 0.1) is 40.9 Å². The number of hydroxylamine groups is 2. The zero-order valence-electron chi connectivity index (χ0n) is 14.1. The fraction of sp³-hybridized carbons (Fsp3) is 0.714. The second-order valence-corrected chi connectivity index (χ2v) is 5.37. The van der Waals surface area contributed by atoms with Gasteiger partial charge >= 0.3 is 23.9 Å². The Morgan fingerprint density at radius 1 is 0.800 bits per heavy atom. The molecule has 2 fully saturated rings. The summed E-state index contributed by atoms with van der Waals surface area (Å²) >= 11 is 0. The highest BCUT2D eigenvalue weighted by Crippen LogP contribution is 2.43. The third kappa shape index (κ3) is 3.43. The second-order valence-electron chi connectivity index (χ2n) is 5.37. The minimum Gasteiger partial charge on any atom is -0.469 e. The van der Waals surface area contributed by atoms with Gasteiger partial charge in [-0.3, -0.25) is 19.3 Å². The van der Waals surface area contributed by atoms with Gasteiger partial charge in [-0.15, -0.1) is 0 Å². The molecule has 11 heteroatoms. The molecule has 0 aromatic heterocycles. The van der Waals surface area contributed by atoms with Gasteiger partial charge in [0.2, 0.25) is 0 Å². The van der Waals surface area contributed by atoms with Crippen molar-refractivity contribution >= 4 is 23.9 Å². The van der Waals surface area contributed by atoms with E-state index in [2.05, 4.69) is 14.2 Å². The molecule has 0 aliphatic carbocycles. The summed E-state index contributed by atoms with van der Waals surface area (Å²) in [6.45, 7) is 0. The van der Waals surface area contributed by atoms with Crippen LogP contribution in [0.1, 0.15) is 6.42 Å². The van der Waals surface area contributed by atoms with E-state index >= 15 is 0 Å². The zero-order chi connectivity index (χ0) is 18.7. The molecule has 5 atom stereocenters. The molecule has 0 amide bonds. The van der Waals surface area contributed by atoms with Gasteiger partial charge in [0.1, 0.15) is 5.92 Å². The molecule has 2 rings (SSSR count). The molecule has 11 nitrogen and oxygen atoms in total. The van der Waals surface area contributed by atoms with Crippen LogP contribution in [0, 0.1) is 11.8 Å². The number of carbonyl (C=O) groups excluding carboxylic acids is 4. The van der Waals surface area contributed by atoms with E-state index in [4.69, 9.17) is 14.4 Å². The van der Waals surface area contributed by atoms with E-state index in [0.29, 0.717) is 0 Å². The van der Waals surface area contributed by atoms with Crippen molar-refractivity contribution in [2.45, 2.75) is 24.7 Å². The van der Waals surface area contributed by atoms with Crippen molar-refractivity contribution < 1.29 is 47.8 Å². The van der Waals surface area contributed by atoms with Crippen molar-refractivity contribution in [1.29, 1.82) is 0 Å². The molecular formula is C14H19NO10. The summed E-state index contributed by atoms with van der Waals surface area (Å²) < 4.78 is 18.6. The van der Waals surface area contributed by atoms with E-state index < -0.39 is 54.0 Å². The molecule has 0 aromatic carbocycles. The van der Waals surface area contributed by atoms with Crippen molar-refractivity contribution in [3.8, 4) is 0 Å². The summed E-state index contributed by atoms with van der Waals surface area (Å²) in [5, 5.41) is 0.859. The van der Waals surface area contributed by atoms with Crippen LogP contribution in [0.2, 0.25) is 0 Å². The maximum absolute atomic E-state index is 12.2. The van der Waals surface area contributed by atoms with Crippen molar-refractivity contribution in [1.82, 2.24) is 5.23 Å². The molecule has 0 N–H and O–H groups in total. The van der Waals surface area contributed by atoms with E-state index in [9.17, 15) is 19.2 Å². The SMILES string of the molecule is COC(=O)C[C@H]1[C@H]2[C@@H](C(=O)OC)[C@@H](C(=O)OC)ON2O[C@H]1C(=O)OC. The highest BCUT2D eigenvalue weighted by molar-refractivity contribution is 5.85. The first-order valence-electron chi connectivity index (χ1n) is 7.32. The highest BCUT2D eigenvalue weighted by Gasteiger charge is 2.63. The van der Waals surface area contributed by atoms with Gasteiger partial charge in [0.15, 0.2) is 12.2 Å². The number of hydrogen-bond acceptors (Lipinski definition) is 11. The Hall–Kier alpha value is -2.24. The van der Waals surface area contributed by atoms with Crippen LogP contribution in [0.5, 0.6) is 0 Å². The Bertz CT molecular complexity index is 564. The summed E-state index contributed by atoms with van der Waals surface area (Å²) in [4.78, 5) is 58.5. The van der Waals surface area contributed by atoms with Gasteiger partial charge in [-0.2, -0.15) is 0 Å². The smallest absolute Gasteiger partial charge is 0.338 e. The van der Waals surface area contributed by atoms with Gasteiger partial charge in [-0.25, -0.2) is 9.59 Å². The van der Waals surface area contributed by atoms with Crippen LogP contribution in [0.3, 0.4) is 0 Å². The number of esters is 4. The Balaban J connectivity index is 2.38. The van der Waals surface area contributed by atoms with Crippen LogP contribution in [0.25, 0.3) is 0 Å². The molecule has 140 valence electrons. The average molecular weight is 361 g/mol. The van der Waals surface area contributed by atoms with Gasteiger partial charge < -0.3 is 18.9 Å². The quantitative estimate of drug-likeness (QED) is 0.424. The van der Waals surface area contributed by atoms with Crippen LogP contribution < -0.4 is 0 Å². The number of methoxy groups -OCH3 is 4. The minimum absolute atomic E-state index is 0.262. The lowest BCUT2D eigenvalue weighted by molar-refractivity contribution is -0.350. The number of hydrogen-bond donors (Lipinski definition) is 0. The molecule has 0 saturated carbocycles. The molecule has 0 spiro atoms. The lowest BCUT2D eigenvalue weighted by Gasteiger charge is -2.22. The molecule has 2 saturated heterocycles. The Morgan fingerprint density at radius 3 is 1.84 bits per heavy atom. The topological polar surface area (TPSA) is 127 Å². The van der Waals surface area contributed by atoms with Gasteiger partial charge in [0.25, 0.3) is 0 Å². The first-order chi connectivity index (χ1) is 11.9. The number of fused-ring (bicyclic) bond motifs is 1. The molecule has 2 heterocycles. The van der Waals surface area contributed by atoms with Crippen molar-refractivity contribution in [3.63, 3.8) is 0 Å². The fourth-order valence-corrected chi connectivity index (χ4v) is 2.99. The standard InChI is InChI=1S/C14H19NO10/c1-20-7(16)5-6-9-8(12(17)21-2)11(14(19)23-4)25-15(9)24-10(6)13(18)22-3/h6,8-11H,5H2,1-4H3/t6-,8+,9-,10+,11-/m0/s1. The zero-order valence-corrected chi connectivity index (χ0v) is 14.1. The largest absolute Gasteiger partial charge is 0.469 e. The van der Waals surface area contributed by atoms with Crippen LogP contribution >= 0.6 is 0 Å². The molecule has 0 aromatic rings. The van der Waals surface area contributed by atoms with Crippen molar-refractivity contribution in [2.75, 3.05) is 28.4 Å². The normalized spacial score (nSPS) is 31.1. The lowest BCUT2D eigenvalue weighted by atomic mass is 9.82. The summed E-state index contributed by atoms with van der Waals surface area (Å²) in [7, 11) is 4.61. The average Bonchev–Trinajstić information content (AvgIpc) is 3.16. The lowest BCUT2D eigenvalue weighted by Crippen LogP contribution is -2.44. The predicted molar refractivity (Wildman–Crippen MR) is 75.0 cm³/mol. The van der Waals surface area contributed by atoms with Crippen LogP contribution in [-0.4, -0.2) is 75.8 Å². The Kier molecular flexibility index (Phi) is 5.93. The summed E-state index contributed by atoms with van der Waals surface area (Å²) in [5.74, 6) is -5.01. The van der Waals surface area contributed by atoms with E-state index in [-0.39, 0.29) is 6.42 Å². The first-order valence-corrected chi connectivity index (χ1v) is 7.32. The second kappa shape index (κ2) is 7.76. The van der Waals surface area contributed by atoms with Gasteiger partial charge in [-0.1, -0.05) is 5.23 Å². The summed E-state index contributed by atoms with van der Waals surface area (Å²) in [6, 6.07) is -0.945. The molecular weight excluding hydrogens is 342 g/mol. The minimum atomic E-state index is -1.33. The van der Waals surface area contributed by atoms with Crippen molar-refractivity contribution in [3.05, 3.63) is 0 Å². The number of rotatable bonds is 5. The molecule has 25 heavy (non-hydrogen) atoms. The maximum Gasteiger partial charge on any atom is 0.338 e. The third-order valence-corrected chi connectivity index (χ3v) is 4.17. The van der Waals surface area contributed by atoms with E-state index in [1.807, 2.05) is 0 Å². The maximum atomic E-state index is 12.2. The number of ether oxygens (including phenoxy) is 4. The summed E-state index contributed by atoms with van der Waals surface area (Å²) in [5.41, 5.74) is 0. The number of carbonyl (C=O) groups is 4. The Morgan fingerprint density at radius 2 is 1.32 bits per heavy atom. The first kappa shape index (κ1) is 19.1. The van der Waals surface area contributed by atoms with Crippen molar-refractivity contribution in [2.24, 2.45) is 11.8 Å². The molecule has 0 radical (unpaired) electrons. The van der Waals surface area contributed by atoms with Crippen LogP contribution in [0.15, 0.2) is 0 Å². The van der Waals surface area contributed by atoms with E-state index in [1.54, 1.807) is 0 Å². The highest BCUT2D eigenvalue weighted by atomic mass is 17.0. The third-order valence-electron chi connectivity index (χ3n) is 4.17. The van der Waals surface area contributed by atoms with Crippen LogP contribution in [-0.2, 0) is 47.8 Å². The molecule has 0 unspecified atom stereocenters. The predicted octanol–water partition coefficient (Wildman–Crippen LogP) is -1.40. The van der Waals surface area contributed by atoms with Gasteiger partial charge in [0, 0.05) is 5.92 Å².